The van der Waals surface area contributed by atoms with Crippen LogP contribution in [0.25, 0.3) is 21.9 Å². The Bertz CT molecular complexity index is 1250. The van der Waals surface area contributed by atoms with Gasteiger partial charge >= 0.3 is 5.97 Å². The van der Waals surface area contributed by atoms with E-state index in [9.17, 15) is 4.79 Å². The molecule has 4 nitrogen and oxygen atoms in total. The van der Waals surface area contributed by atoms with Gasteiger partial charge in [-0.1, -0.05) is 83.9 Å². The van der Waals surface area contributed by atoms with Crippen molar-refractivity contribution in [3.63, 3.8) is 0 Å². The molecule has 0 aromatic heterocycles. The van der Waals surface area contributed by atoms with Crippen LogP contribution in [0.3, 0.4) is 0 Å². The number of nitrogens with two attached hydrogens (primary N) is 1. The molecular weight excluding hydrogens is 445 g/mol. The van der Waals surface area contributed by atoms with Crippen LogP contribution in [0.15, 0.2) is 78.9 Å². The fourth-order valence-corrected chi connectivity index (χ4v) is 4.27. The van der Waals surface area contributed by atoms with E-state index in [1.807, 2.05) is 30.3 Å². The zero-order valence-corrected chi connectivity index (χ0v) is 18.6. The van der Waals surface area contributed by atoms with Gasteiger partial charge in [-0.3, -0.25) is 4.79 Å². The van der Waals surface area contributed by atoms with Gasteiger partial charge in [-0.2, -0.15) is 0 Å². The molecule has 4 rings (SSSR count). The minimum atomic E-state index is -1.08. The summed E-state index contributed by atoms with van der Waals surface area (Å²) in [5.74, 6) is -0.722. The summed E-state index contributed by atoms with van der Waals surface area (Å²) >= 11 is 12.8. The molecule has 4 aromatic carbocycles. The first-order chi connectivity index (χ1) is 15.4. The third-order valence-electron chi connectivity index (χ3n) is 5.28. The van der Waals surface area contributed by atoms with Crippen LogP contribution in [0.5, 0.6) is 5.75 Å². The summed E-state index contributed by atoms with van der Waals surface area (Å²) in [4.78, 5) is 11.0. The number of fused-ring (bicyclic) bond motifs is 1. The third kappa shape index (κ3) is 4.89. The minimum Gasteiger partial charge on any atom is -0.486 e. The molecule has 0 unspecified atom stereocenters. The maximum Gasteiger partial charge on any atom is 0.320 e. The maximum atomic E-state index is 11.0. The number of aliphatic carboxylic acids is 1. The van der Waals surface area contributed by atoms with Crippen LogP contribution in [0, 0.1) is 0 Å². The van der Waals surface area contributed by atoms with Crippen LogP contribution in [0.4, 0.5) is 0 Å². The van der Waals surface area contributed by atoms with Crippen LogP contribution in [-0.2, 0) is 17.8 Å². The zero-order valence-electron chi connectivity index (χ0n) is 17.1. The molecule has 0 heterocycles. The van der Waals surface area contributed by atoms with E-state index in [0.29, 0.717) is 21.4 Å². The van der Waals surface area contributed by atoms with E-state index in [1.54, 1.807) is 12.1 Å². The van der Waals surface area contributed by atoms with Crippen molar-refractivity contribution in [1.29, 1.82) is 0 Å². The van der Waals surface area contributed by atoms with Gasteiger partial charge in [0.25, 0.3) is 0 Å². The molecule has 0 spiro atoms. The Labute approximate surface area is 196 Å². The van der Waals surface area contributed by atoms with E-state index in [0.717, 1.165) is 27.5 Å². The van der Waals surface area contributed by atoms with Gasteiger partial charge in [-0.25, -0.2) is 0 Å². The predicted molar refractivity (Wildman–Crippen MR) is 129 cm³/mol. The fraction of sp³-hybridized carbons (Fsp3) is 0.115. The molecule has 0 aliphatic heterocycles. The van der Waals surface area contributed by atoms with Gasteiger partial charge in [0.1, 0.15) is 12.6 Å². The van der Waals surface area contributed by atoms with E-state index >= 15 is 0 Å². The molecule has 162 valence electrons. The number of carboxylic acids is 1. The maximum absolute atomic E-state index is 11.0. The standard InChI is InChI=1S/C26H21Cl2NO3/c27-22-11-16(13-24(29)26(30)31)12-23(28)25(22)32-15-20-8-4-7-18-9-10-19(14-21(18)20)17-5-2-1-3-6-17/h1-12,14,24H,13,15,29H2,(H,30,31)/t24-/m0/s1. The normalized spacial score (nSPS) is 12.0. The number of rotatable bonds is 7. The van der Waals surface area contributed by atoms with Gasteiger partial charge in [0.15, 0.2) is 5.75 Å². The van der Waals surface area contributed by atoms with Crippen molar-refractivity contribution in [3.05, 3.63) is 100 Å². The summed E-state index contributed by atoms with van der Waals surface area (Å²) in [5, 5.41) is 11.8. The predicted octanol–water partition coefficient (Wildman–Crippen LogP) is 6.35. The summed E-state index contributed by atoms with van der Waals surface area (Å²) < 4.78 is 6.00. The first-order valence-corrected chi connectivity index (χ1v) is 10.8. The quantitative estimate of drug-likeness (QED) is 0.333. The molecule has 6 heteroatoms. The van der Waals surface area contributed by atoms with Crippen LogP contribution >= 0.6 is 23.2 Å². The molecule has 0 bridgehead atoms. The Hall–Kier alpha value is -3.05. The number of hydrogen-bond donors (Lipinski definition) is 2. The van der Waals surface area contributed by atoms with Crippen molar-refractivity contribution in [2.75, 3.05) is 0 Å². The molecular formula is C26H21Cl2NO3. The second-order valence-corrected chi connectivity index (χ2v) is 8.36. The summed E-state index contributed by atoms with van der Waals surface area (Å²) in [6.07, 6.45) is 0.126. The summed E-state index contributed by atoms with van der Waals surface area (Å²) in [6.45, 7) is 0.281. The Morgan fingerprint density at radius 2 is 1.62 bits per heavy atom. The Balaban J connectivity index is 1.60. The molecule has 0 saturated carbocycles. The number of carbonyl (C=O) groups is 1. The average molecular weight is 466 g/mol. The number of ether oxygens (including phenoxy) is 1. The second kappa shape index (κ2) is 9.61. The smallest absolute Gasteiger partial charge is 0.320 e. The van der Waals surface area contributed by atoms with Crippen molar-refractivity contribution in [1.82, 2.24) is 0 Å². The highest BCUT2D eigenvalue weighted by Gasteiger charge is 2.16. The largest absolute Gasteiger partial charge is 0.486 e. The minimum absolute atomic E-state index is 0.126. The van der Waals surface area contributed by atoms with Gasteiger partial charge < -0.3 is 15.6 Å². The van der Waals surface area contributed by atoms with Gasteiger partial charge in [0, 0.05) is 0 Å². The number of hydrogen-bond acceptors (Lipinski definition) is 3. The van der Waals surface area contributed by atoms with Crippen LogP contribution in [0.1, 0.15) is 11.1 Å². The van der Waals surface area contributed by atoms with E-state index in [-0.39, 0.29) is 13.0 Å². The van der Waals surface area contributed by atoms with E-state index in [4.69, 9.17) is 38.8 Å². The molecule has 0 aliphatic rings. The molecule has 0 saturated heterocycles. The van der Waals surface area contributed by atoms with E-state index in [2.05, 4.69) is 36.4 Å². The van der Waals surface area contributed by atoms with Crippen molar-refractivity contribution >= 4 is 39.9 Å². The van der Waals surface area contributed by atoms with E-state index in [1.165, 1.54) is 0 Å². The molecule has 0 fully saturated rings. The van der Waals surface area contributed by atoms with Gasteiger partial charge in [0.2, 0.25) is 0 Å². The lowest BCUT2D eigenvalue weighted by atomic mass is 9.98. The Kier molecular flexibility index (Phi) is 6.66. The van der Waals surface area contributed by atoms with Crippen LogP contribution < -0.4 is 10.5 Å². The Morgan fingerprint density at radius 1 is 0.906 bits per heavy atom. The third-order valence-corrected chi connectivity index (χ3v) is 5.84. The summed E-state index contributed by atoms with van der Waals surface area (Å²) in [7, 11) is 0. The first kappa shape index (κ1) is 22.2. The molecule has 32 heavy (non-hydrogen) atoms. The summed E-state index contributed by atoms with van der Waals surface area (Å²) in [6, 6.07) is 24.9. The fourth-order valence-electron chi connectivity index (χ4n) is 3.63. The highest BCUT2D eigenvalue weighted by atomic mass is 35.5. The number of carboxylic acid groups (broad SMARTS) is 1. The molecule has 0 radical (unpaired) electrons. The first-order valence-electron chi connectivity index (χ1n) is 10.1. The highest BCUT2D eigenvalue weighted by molar-refractivity contribution is 6.37. The van der Waals surface area contributed by atoms with Gasteiger partial charge in [0.05, 0.1) is 10.0 Å². The number of halogens is 2. The molecule has 3 N–H and O–H groups in total. The van der Waals surface area contributed by atoms with Crippen LogP contribution in [-0.4, -0.2) is 17.1 Å². The topological polar surface area (TPSA) is 72.5 Å². The number of benzene rings is 4. The van der Waals surface area contributed by atoms with Gasteiger partial charge in [-0.15, -0.1) is 0 Å². The Morgan fingerprint density at radius 3 is 2.31 bits per heavy atom. The SMILES string of the molecule is N[C@@H](Cc1cc(Cl)c(OCc2cccc3ccc(-c4ccccc4)cc23)c(Cl)c1)C(=O)O. The summed E-state index contributed by atoms with van der Waals surface area (Å²) in [5.41, 5.74) is 9.52. The molecule has 1 atom stereocenters. The van der Waals surface area contributed by atoms with Crippen molar-refractivity contribution in [3.8, 4) is 16.9 Å². The lowest BCUT2D eigenvalue weighted by molar-refractivity contribution is -0.138. The lowest BCUT2D eigenvalue weighted by Crippen LogP contribution is -2.32. The molecule has 0 amide bonds. The van der Waals surface area contributed by atoms with E-state index < -0.39 is 12.0 Å². The van der Waals surface area contributed by atoms with Gasteiger partial charge in [-0.05, 0) is 57.6 Å². The van der Waals surface area contributed by atoms with Crippen molar-refractivity contribution < 1.29 is 14.6 Å². The second-order valence-electron chi connectivity index (χ2n) is 7.55. The molecule has 0 aliphatic carbocycles. The lowest BCUT2D eigenvalue weighted by Gasteiger charge is -2.14. The average Bonchev–Trinajstić information content (AvgIpc) is 2.78. The van der Waals surface area contributed by atoms with Crippen LogP contribution in [0.2, 0.25) is 10.0 Å². The monoisotopic (exact) mass is 465 g/mol. The van der Waals surface area contributed by atoms with Crippen molar-refractivity contribution in [2.24, 2.45) is 5.73 Å². The highest BCUT2D eigenvalue weighted by Crippen LogP contribution is 2.36. The van der Waals surface area contributed by atoms with Crippen molar-refractivity contribution in [2.45, 2.75) is 19.1 Å². The zero-order chi connectivity index (χ0) is 22.7. The molecule has 4 aromatic rings.